The zero-order valence-electron chi connectivity index (χ0n) is 15.7. The monoisotopic (exact) mass is 349 g/mol. The minimum Gasteiger partial charge on any atom is -0.340 e. The van der Waals surface area contributed by atoms with E-state index in [-0.39, 0.29) is 0 Å². The molecule has 4 rings (SSSR count). The van der Waals surface area contributed by atoms with Crippen LogP contribution in [0, 0.1) is 5.92 Å². The summed E-state index contributed by atoms with van der Waals surface area (Å²) in [4.78, 5) is 14.2. The van der Waals surface area contributed by atoms with Crippen molar-refractivity contribution in [3.8, 4) is 0 Å². The van der Waals surface area contributed by atoms with Crippen molar-refractivity contribution < 1.29 is 0 Å². The Balaban J connectivity index is 1.52. The number of aromatic nitrogens is 3. The van der Waals surface area contributed by atoms with Crippen molar-refractivity contribution in [1.82, 2.24) is 24.3 Å². The molecule has 0 N–H and O–H groups in total. The quantitative estimate of drug-likeness (QED) is 0.725. The summed E-state index contributed by atoms with van der Waals surface area (Å²) in [6.07, 6.45) is 6.98. The number of hydrogen-bond acceptors (Lipinski definition) is 4. The van der Waals surface area contributed by atoms with Gasteiger partial charge in [0.1, 0.15) is 0 Å². The van der Waals surface area contributed by atoms with Gasteiger partial charge in [-0.05, 0) is 31.0 Å². The van der Waals surface area contributed by atoms with Crippen molar-refractivity contribution >= 4 is 10.9 Å². The Morgan fingerprint density at radius 1 is 1.04 bits per heavy atom. The number of likely N-dealkylation sites (N-methyl/N-ethyl adjacent to an activating group) is 1. The van der Waals surface area contributed by atoms with Crippen LogP contribution in [0.1, 0.15) is 11.3 Å². The Morgan fingerprint density at radius 2 is 1.92 bits per heavy atom. The van der Waals surface area contributed by atoms with E-state index in [0.29, 0.717) is 5.92 Å². The fourth-order valence-electron chi connectivity index (χ4n) is 4.05. The number of imidazole rings is 1. The summed E-state index contributed by atoms with van der Waals surface area (Å²) in [5.74, 6) is 0.596. The molecule has 136 valence electrons. The second-order valence-corrected chi connectivity index (χ2v) is 7.59. The van der Waals surface area contributed by atoms with Crippen molar-refractivity contribution in [2.75, 3.05) is 33.2 Å². The van der Waals surface area contributed by atoms with Crippen molar-refractivity contribution in [1.29, 1.82) is 0 Å². The molecule has 2 aromatic heterocycles. The maximum Gasteiger partial charge on any atom is 0.0947 e. The van der Waals surface area contributed by atoms with Crippen LogP contribution in [0.25, 0.3) is 10.9 Å². The van der Waals surface area contributed by atoms with Gasteiger partial charge in [0.15, 0.2) is 0 Å². The summed E-state index contributed by atoms with van der Waals surface area (Å²) in [5.41, 5.74) is 3.67. The number of para-hydroxylation sites is 1. The summed E-state index contributed by atoms with van der Waals surface area (Å²) in [6, 6.07) is 10.7. The van der Waals surface area contributed by atoms with Gasteiger partial charge >= 0.3 is 0 Å². The van der Waals surface area contributed by atoms with Crippen molar-refractivity contribution in [3.63, 3.8) is 0 Å². The van der Waals surface area contributed by atoms with E-state index in [1.54, 1.807) is 0 Å². The molecule has 1 saturated heterocycles. The van der Waals surface area contributed by atoms with Crippen LogP contribution in [0.4, 0.5) is 0 Å². The van der Waals surface area contributed by atoms with Gasteiger partial charge in [-0.25, -0.2) is 4.98 Å². The SMILES string of the molecule is CN1CCN(Cc2cn(C)cn2)C[C@H](Cc2cccc3cccnc23)C1. The molecule has 0 aliphatic carbocycles. The third-order valence-corrected chi connectivity index (χ3v) is 5.25. The molecule has 3 heterocycles. The third-order valence-electron chi connectivity index (χ3n) is 5.25. The van der Waals surface area contributed by atoms with Crippen LogP contribution in [0.5, 0.6) is 0 Å². The number of nitrogens with zero attached hydrogens (tertiary/aromatic N) is 5. The topological polar surface area (TPSA) is 37.2 Å². The van der Waals surface area contributed by atoms with E-state index in [9.17, 15) is 0 Å². The van der Waals surface area contributed by atoms with E-state index < -0.39 is 0 Å². The Morgan fingerprint density at radius 3 is 2.77 bits per heavy atom. The highest BCUT2D eigenvalue weighted by Crippen LogP contribution is 2.22. The van der Waals surface area contributed by atoms with E-state index in [1.165, 1.54) is 10.9 Å². The highest BCUT2D eigenvalue weighted by atomic mass is 15.2. The van der Waals surface area contributed by atoms with Crippen LogP contribution in [0.15, 0.2) is 49.1 Å². The number of hydrogen-bond donors (Lipinski definition) is 0. The van der Waals surface area contributed by atoms with Gasteiger partial charge in [-0.2, -0.15) is 0 Å². The summed E-state index contributed by atoms with van der Waals surface area (Å²) < 4.78 is 2.03. The molecule has 1 fully saturated rings. The average Bonchev–Trinajstić information content (AvgIpc) is 2.96. The normalized spacial score (nSPS) is 19.7. The van der Waals surface area contributed by atoms with Gasteiger partial charge in [-0.15, -0.1) is 0 Å². The number of benzene rings is 1. The van der Waals surface area contributed by atoms with Gasteiger partial charge in [0, 0.05) is 57.6 Å². The predicted molar refractivity (Wildman–Crippen MR) is 105 cm³/mol. The molecule has 0 saturated carbocycles. The lowest BCUT2D eigenvalue weighted by atomic mass is 9.96. The highest BCUT2D eigenvalue weighted by molar-refractivity contribution is 5.81. The second-order valence-electron chi connectivity index (χ2n) is 7.59. The van der Waals surface area contributed by atoms with Gasteiger partial charge in [-0.1, -0.05) is 24.3 Å². The van der Waals surface area contributed by atoms with Crippen LogP contribution in [-0.2, 0) is 20.0 Å². The fraction of sp³-hybridized carbons (Fsp3) is 0.429. The van der Waals surface area contributed by atoms with E-state index in [4.69, 9.17) is 0 Å². The van der Waals surface area contributed by atoms with Crippen LogP contribution in [0.3, 0.4) is 0 Å². The van der Waals surface area contributed by atoms with Crippen molar-refractivity contribution in [3.05, 3.63) is 60.3 Å². The molecule has 0 bridgehead atoms. The molecule has 5 nitrogen and oxygen atoms in total. The smallest absolute Gasteiger partial charge is 0.0947 e. The number of aryl methyl sites for hydroxylation is 1. The van der Waals surface area contributed by atoms with Crippen LogP contribution in [-0.4, -0.2) is 57.6 Å². The molecule has 0 spiro atoms. The van der Waals surface area contributed by atoms with E-state index in [1.807, 2.05) is 30.2 Å². The molecule has 1 atom stereocenters. The first-order valence-corrected chi connectivity index (χ1v) is 9.38. The second kappa shape index (κ2) is 7.56. The fourth-order valence-corrected chi connectivity index (χ4v) is 4.05. The summed E-state index contributed by atoms with van der Waals surface area (Å²) >= 11 is 0. The van der Waals surface area contributed by atoms with Crippen LogP contribution < -0.4 is 0 Å². The number of fused-ring (bicyclic) bond motifs is 1. The molecule has 0 amide bonds. The molecule has 3 aromatic rings. The lowest BCUT2D eigenvalue weighted by Gasteiger charge is -2.23. The summed E-state index contributed by atoms with van der Waals surface area (Å²) in [6.45, 7) is 5.36. The van der Waals surface area contributed by atoms with E-state index in [0.717, 1.165) is 50.4 Å². The number of rotatable bonds is 4. The molecule has 1 aliphatic heterocycles. The molecular weight excluding hydrogens is 322 g/mol. The lowest BCUT2D eigenvalue weighted by molar-refractivity contribution is 0.246. The van der Waals surface area contributed by atoms with Crippen LogP contribution in [0.2, 0.25) is 0 Å². The van der Waals surface area contributed by atoms with Gasteiger partial charge < -0.3 is 9.47 Å². The predicted octanol–water partition coefficient (Wildman–Crippen LogP) is 2.57. The van der Waals surface area contributed by atoms with Gasteiger partial charge in [0.25, 0.3) is 0 Å². The molecule has 26 heavy (non-hydrogen) atoms. The maximum absolute atomic E-state index is 4.64. The standard InChI is InChI=1S/C21H27N5/c1-24-9-10-26(15-20-14-25(2)16-23-20)13-17(12-24)11-19-6-3-5-18-7-4-8-22-21(18)19/h3-8,14,16-17H,9-13,15H2,1-2H3/t17-/m1/s1. The van der Waals surface area contributed by atoms with Gasteiger partial charge in [0.2, 0.25) is 0 Å². The highest BCUT2D eigenvalue weighted by Gasteiger charge is 2.22. The zero-order chi connectivity index (χ0) is 17.9. The third kappa shape index (κ3) is 3.94. The minimum absolute atomic E-state index is 0.596. The summed E-state index contributed by atoms with van der Waals surface area (Å²) in [5, 5.41) is 1.23. The molecule has 5 heteroatoms. The largest absolute Gasteiger partial charge is 0.340 e. The Hall–Kier alpha value is -2.24. The zero-order valence-corrected chi connectivity index (χ0v) is 15.7. The minimum atomic E-state index is 0.596. The van der Waals surface area contributed by atoms with Gasteiger partial charge in [0.05, 0.1) is 17.5 Å². The Kier molecular flexibility index (Phi) is 5.00. The molecule has 0 radical (unpaired) electrons. The van der Waals surface area contributed by atoms with E-state index in [2.05, 4.69) is 57.3 Å². The van der Waals surface area contributed by atoms with E-state index >= 15 is 0 Å². The molecule has 1 aromatic carbocycles. The molecule has 1 aliphatic rings. The first-order valence-electron chi connectivity index (χ1n) is 9.38. The summed E-state index contributed by atoms with van der Waals surface area (Å²) in [7, 11) is 4.27. The van der Waals surface area contributed by atoms with Crippen molar-refractivity contribution in [2.24, 2.45) is 13.0 Å². The van der Waals surface area contributed by atoms with Gasteiger partial charge in [-0.3, -0.25) is 9.88 Å². The number of pyridine rings is 1. The first kappa shape index (κ1) is 17.2. The average molecular weight is 349 g/mol. The Bertz CT molecular complexity index is 866. The molecular formula is C21H27N5. The Labute approximate surface area is 155 Å². The lowest BCUT2D eigenvalue weighted by Crippen LogP contribution is -2.30. The van der Waals surface area contributed by atoms with Crippen molar-refractivity contribution in [2.45, 2.75) is 13.0 Å². The first-order chi connectivity index (χ1) is 12.7. The molecule has 0 unspecified atom stereocenters. The maximum atomic E-state index is 4.64. The van der Waals surface area contributed by atoms with Crippen LogP contribution >= 0.6 is 0 Å².